The van der Waals surface area contributed by atoms with Gasteiger partial charge in [0.15, 0.2) is 0 Å². The lowest BCUT2D eigenvalue weighted by Gasteiger charge is -2.12. The summed E-state index contributed by atoms with van der Waals surface area (Å²) in [4.78, 5) is 4.31. The Hall–Kier alpha value is -0.660. The Kier molecular flexibility index (Phi) is 7.62. The molecule has 120 valence electrons. The second-order valence-electron chi connectivity index (χ2n) is 5.32. The monoisotopic (exact) mass is 377 g/mol. The number of pyridine rings is 1. The molecule has 0 aliphatic rings. The van der Waals surface area contributed by atoms with Crippen molar-refractivity contribution in [2.45, 2.75) is 44.9 Å². The van der Waals surface area contributed by atoms with E-state index in [9.17, 15) is 8.42 Å². The van der Waals surface area contributed by atoms with Crippen molar-refractivity contribution < 1.29 is 8.42 Å². The van der Waals surface area contributed by atoms with E-state index in [4.69, 9.17) is 0 Å². The average molecular weight is 378 g/mol. The number of rotatable bonds is 9. The van der Waals surface area contributed by atoms with Crippen LogP contribution >= 0.6 is 15.9 Å². The predicted octanol–water partition coefficient (Wildman–Crippen LogP) is 3.38. The van der Waals surface area contributed by atoms with Gasteiger partial charge in [0.1, 0.15) is 10.7 Å². The van der Waals surface area contributed by atoms with Gasteiger partial charge in [-0.1, -0.05) is 26.7 Å². The Morgan fingerprint density at radius 3 is 2.67 bits per heavy atom. The molecule has 0 fully saturated rings. The van der Waals surface area contributed by atoms with Crippen molar-refractivity contribution in [2.75, 3.05) is 18.4 Å². The first-order valence-electron chi connectivity index (χ1n) is 7.26. The molecule has 0 saturated carbocycles. The number of nitrogens with zero attached hydrogens (tertiary/aromatic N) is 1. The van der Waals surface area contributed by atoms with E-state index in [0.29, 0.717) is 29.3 Å². The van der Waals surface area contributed by atoms with Gasteiger partial charge in [0, 0.05) is 23.8 Å². The molecule has 2 N–H and O–H groups in total. The Bertz CT molecular complexity index is 547. The van der Waals surface area contributed by atoms with Crippen LogP contribution in [-0.2, 0) is 10.0 Å². The van der Waals surface area contributed by atoms with Crippen LogP contribution in [0.3, 0.4) is 0 Å². The van der Waals surface area contributed by atoms with E-state index in [1.165, 1.54) is 0 Å². The lowest BCUT2D eigenvalue weighted by Crippen LogP contribution is -2.26. The highest BCUT2D eigenvalue weighted by Crippen LogP contribution is 2.22. The minimum absolute atomic E-state index is 0.183. The summed E-state index contributed by atoms with van der Waals surface area (Å²) in [6.45, 7) is 7.30. The fourth-order valence-electron chi connectivity index (χ4n) is 1.89. The fourth-order valence-corrected chi connectivity index (χ4v) is 3.60. The molecular weight excluding hydrogens is 354 g/mol. The maximum absolute atomic E-state index is 12.4. The molecule has 1 aromatic rings. The van der Waals surface area contributed by atoms with E-state index < -0.39 is 10.0 Å². The Balaban J connectivity index is 2.71. The van der Waals surface area contributed by atoms with Gasteiger partial charge in [-0.2, -0.15) is 0 Å². The molecule has 0 spiro atoms. The smallest absolute Gasteiger partial charge is 0.244 e. The van der Waals surface area contributed by atoms with Crippen molar-refractivity contribution >= 4 is 31.8 Å². The van der Waals surface area contributed by atoms with Gasteiger partial charge in [-0.25, -0.2) is 18.1 Å². The van der Waals surface area contributed by atoms with E-state index in [2.05, 4.69) is 44.8 Å². The molecule has 5 nitrogen and oxygen atoms in total. The van der Waals surface area contributed by atoms with Crippen molar-refractivity contribution in [3.05, 3.63) is 16.7 Å². The van der Waals surface area contributed by atoms with Crippen LogP contribution in [0.15, 0.2) is 21.6 Å². The van der Waals surface area contributed by atoms with Gasteiger partial charge in [0.2, 0.25) is 10.0 Å². The molecule has 7 heteroatoms. The van der Waals surface area contributed by atoms with Crippen LogP contribution in [0.2, 0.25) is 0 Å². The van der Waals surface area contributed by atoms with Gasteiger partial charge in [-0.15, -0.1) is 0 Å². The summed E-state index contributed by atoms with van der Waals surface area (Å²) in [5.41, 5.74) is 0. The molecule has 1 aromatic heterocycles. The third-order valence-corrected chi connectivity index (χ3v) is 4.86. The summed E-state index contributed by atoms with van der Waals surface area (Å²) in [5, 5.41) is 2.97. The number of unbranched alkanes of at least 4 members (excludes halogenated alkanes) is 1. The zero-order valence-electron chi connectivity index (χ0n) is 12.8. The maximum Gasteiger partial charge on any atom is 0.244 e. The number of aromatic nitrogens is 1. The van der Waals surface area contributed by atoms with Gasteiger partial charge in [-0.05, 0) is 41.3 Å². The molecule has 1 rings (SSSR count). The molecule has 0 aliphatic carbocycles. The Labute approximate surface area is 136 Å². The van der Waals surface area contributed by atoms with Crippen molar-refractivity contribution in [1.82, 2.24) is 9.71 Å². The van der Waals surface area contributed by atoms with Crippen LogP contribution in [0.5, 0.6) is 0 Å². The highest BCUT2D eigenvalue weighted by molar-refractivity contribution is 9.10. The standard InChI is InChI=1S/C14H24BrN3O2S/c1-4-16-14-13(9-12(15)10-17-14)21(19,20)18-8-6-5-7-11(2)3/h9-11,18H,4-8H2,1-3H3,(H,16,17). The molecule has 0 amide bonds. The van der Waals surface area contributed by atoms with Crippen LogP contribution < -0.4 is 10.0 Å². The van der Waals surface area contributed by atoms with E-state index in [1.807, 2.05) is 6.92 Å². The number of nitrogens with one attached hydrogen (secondary N) is 2. The highest BCUT2D eigenvalue weighted by Gasteiger charge is 2.19. The molecule has 0 unspecified atom stereocenters. The molecule has 0 saturated heterocycles. The normalized spacial score (nSPS) is 11.9. The summed E-state index contributed by atoms with van der Waals surface area (Å²) in [6, 6.07) is 1.57. The first kappa shape index (κ1) is 18.4. The van der Waals surface area contributed by atoms with Crippen molar-refractivity contribution in [1.29, 1.82) is 0 Å². The van der Waals surface area contributed by atoms with Gasteiger partial charge in [0.25, 0.3) is 0 Å². The van der Waals surface area contributed by atoms with Gasteiger partial charge in [0.05, 0.1) is 0 Å². The minimum atomic E-state index is -3.54. The molecular formula is C14H24BrN3O2S. The molecule has 0 aromatic carbocycles. The van der Waals surface area contributed by atoms with Gasteiger partial charge in [-0.3, -0.25) is 0 Å². The average Bonchev–Trinajstić information content (AvgIpc) is 2.40. The largest absolute Gasteiger partial charge is 0.369 e. The summed E-state index contributed by atoms with van der Waals surface area (Å²) < 4.78 is 28.0. The summed E-state index contributed by atoms with van der Waals surface area (Å²) in [6.07, 6.45) is 4.56. The SMILES string of the molecule is CCNc1ncc(Br)cc1S(=O)(=O)NCCCCC(C)C. The van der Waals surface area contributed by atoms with Crippen LogP contribution in [0.4, 0.5) is 5.82 Å². The lowest BCUT2D eigenvalue weighted by molar-refractivity contribution is 0.530. The molecule has 0 radical (unpaired) electrons. The minimum Gasteiger partial charge on any atom is -0.369 e. The van der Waals surface area contributed by atoms with E-state index in [0.717, 1.165) is 19.3 Å². The predicted molar refractivity (Wildman–Crippen MR) is 90.0 cm³/mol. The van der Waals surface area contributed by atoms with E-state index in [1.54, 1.807) is 12.3 Å². The second-order valence-corrected chi connectivity index (χ2v) is 7.97. The summed E-state index contributed by atoms with van der Waals surface area (Å²) in [7, 11) is -3.54. The van der Waals surface area contributed by atoms with E-state index >= 15 is 0 Å². The zero-order valence-corrected chi connectivity index (χ0v) is 15.2. The number of hydrogen-bond acceptors (Lipinski definition) is 4. The first-order chi connectivity index (χ1) is 9.86. The quantitative estimate of drug-likeness (QED) is 0.647. The third kappa shape index (κ3) is 6.32. The molecule has 0 atom stereocenters. The fraction of sp³-hybridized carbons (Fsp3) is 0.643. The maximum atomic E-state index is 12.4. The van der Waals surface area contributed by atoms with Crippen molar-refractivity contribution in [3.63, 3.8) is 0 Å². The molecule has 0 aliphatic heterocycles. The Morgan fingerprint density at radius 2 is 2.05 bits per heavy atom. The molecule has 0 bridgehead atoms. The third-order valence-electron chi connectivity index (χ3n) is 2.95. The number of hydrogen-bond donors (Lipinski definition) is 2. The summed E-state index contributed by atoms with van der Waals surface area (Å²) in [5.74, 6) is 1.03. The van der Waals surface area contributed by atoms with Crippen LogP contribution in [-0.4, -0.2) is 26.5 Å². The van der Waals surface area contributed by atoms with Crippen LogP contribution in [0.25, 0.3) is 0 Å². The van der Waals surface area contributed by atoms with Crippen molar-refractivity contribution in [2.24, 2.45) is 5.92 Å². The zero-order chi connectivity index (χ0) is 15.9. The molecule has 21 heavy (non-hydrogen) atoms. The van der Waals surface area contributed by atoms with Gasteiger partial charge < -0.3 is 5.32 Å². The van der Waals surface area contributed by atoms with E-state index in [-0.39, 0.29) is 4.90 Å². The van der Waals surface area contributed by atoms with Crippen LogP contribution in [0.1, 0.15) is 40.0 Å². The van der Waals surface area contributed by atoms with Gasteiger partial charge >= 0.3 is 0 Å². The lowest BCUT2D eigenvalue weighted by atomic mass is 10.1. The number of halogens is 1. The topological polar surface area (TPSA) is 71.1 Å². The first-order valence-corrected chi connectivity index (χ1v) is 9.53. The Morgan fingerprint density at radius 1 is 1.33 bits per heavy atom. The second kappa shape index (κ2) is 8.70. The number of sulfonamides is 1. The number of anilines is 1. The van der Waals surface area contributed by atoms with Crippen LogP contribution in [0, 0.1) is 5.92 Å². The summed E-state index contributed by atoms with van der Waals surface area (Å²) >= 11 is 3.27. The van der Waals surface area contributed by atoms with Crippen molar-refractivity contribution in [3.8, 4) is 0 Å². The molecule has 1 heterocycles. The highest BCUT2D eigenvalue weighted by atomic mass is 79.9.